The maximum atomic E-state index is 14.7. The summed E-state index contributed by atoms with van der Waals surface area (Å²) in [5, 5.41) is 0. The van der Waals surface area contributed by atoms with Crippen molar-refractivity contribution >= 4 is 6.09 Å². The van der Waals surface area contributed by atoms with Crippen molar-refractivity contribution in [2.24, 2.45) is 5.92 Å². The van der Waals surface area contributed by atoms with Crippen molar-refractivity contribution in [1.29, 1.82) is 0 Å². The third-order valence-electron chi connectivity index (χ3n) is 5.59. The summed E-state index contributed by atoms with van der Waals surface area (Å²) in [6.07, 6.45) is 0.940. The monoisotopic (exact) mass is 382 g/mol. The van der Waals surface area contributed by atoms with E-state index in [1.807, 2.05) is 48.5 Å². The normalized spacial score (nSPS) is 21.9. The number of benzene rings is 2. The highest BCUT2D eigenvalue weighted by atomic mass is 19.1. The summed E-state index contributed by atoms with van der Waals surface area (Å²) in [6, 6.07) is 20.4. The molecule has 1 aliphatic heterocycles. The van der Waals surface area contributed by atoms with Crippen LogP contribution in [-0.2, 0) is 17.9 Å². The maximum Gasteiger partial charge on any atom is 0.410 e. The van der Waals surface area contributed by atoms with Crippen molar-refractivity contribution < 1.29 is 13.9 Å². The molecule has 4 nitrogen and oxygen atoms in total. The minimum absolute atomic E-state index is 0.127. The van der Waals surface area contributed by atoms with Crippen LogP contribution < -0.4 is 0 Å². The van der Waals surface area contributed by atoms with Crippen molar-refractivity contribution in [3.63, 3.8) is 0 Å². The molecule has 2 aliphatic rings. The first-order valence-corrected chi connectivity index (χ1v) is 10.1. The number of rotatable bonds is 7. The predicted molar refractivity (Wildman–Crippen MR) is 106 cm³/mol. The van der Waals surface area contributed by atoms with E-state index in [0.717, 1.165) is 12.1 Å². The van der Waals surface area contributed by atoms with E-state index in [9.17, 15) is 9.18 Å². The average Bonchev–Trinajstić information content (AvgIpc) is 3.51. The molecule has 0 bridgehead atoms. The number of nitrogens with zero attached hydrogens (tertiary/aromatic N) is 2. The first kappa shape index (κ1) is 18.9. The van der Waals surface area contributed by atoms with Gasteiger partial charge in [0, 0.05) is 31.6 Å². The van der Waals surface area contributed by atoms with Crippen molar-refractivity contribution in [3.05, 3.63) is 71.8 Å². The summed E-state index contributed by atoms with van der Waals surface area (Å²) >= 11 is 0. The van der Waals surface area contributed by atoms with Crippen LogP contribution in [0, 0.1) is 5.92 Å². The van der Waals surface area contributed by atoms with Crippen LogP contribution in [0.5, 0.6) is 0 Å². The second-order valence-electron chi connectivity index (χ2n) is 7.87. The molecule has 0 N–H and O–H groups in total. The summed E-state index contributed by atoms with van der Waals surface area (Å²) in [7, 11) is 0. The number of halogens is 1. The van der Waals surface area contributed by atoms with Crippen LogP contribution in [0.3, 0.4) is 0 Å². The number of ether oxygens (including phenoxy) is 1. The van der Waals surface area contributed by atoms with E-state index >= 15 is 0 Å². The van der Waals surface area contributed by atoms with E-state index in [4.69, 9.17) is 4.74 Å². The van der Waals surface area contributed by atoms with Crippen LogP contribution >= 0.6 is 0 Å². The lowest BCUT2D eigenvalue weighted by Crippen LogP contribution is -2.35. The van der Waals surface area contributed by atoms with E-state index < -0.39 is 12.3 Å². The Morgan fingerprint density at radius 2 is 1.64 bits per heavy atom. The molecule has 1 saturated heterocycles. The first-order valence-electron chi connectivity index (χ1n) is 10.1. The van der Waals surface area contributed by atoms with Gasteiger partial charge in [0.1, 0.15) is 12.8 Å². The molecular weight excluding hydrogens is 355 g/mol. The molecule has 1 aliphatic carbocycles. The standard InChI is InChI=1S/C23H27FN2O2/c24-22-16-26(23(27)28-17-19-9-5-2-6-10-19)15-20(22)14-25(21-11-12-21)13-18-7-3-1-4-8-18/h1-10,20-22H,11-17H2/t20-,22+/m1/s1. The number of hydrogen-bond acceptors (Lipinski definition) is 3. The molecule has 148 valence electrons. The van der Waals surface area contributed by atoms with Gasteiger partial charge in [-0.2, -0.15) is 0 Å². The highest BCUT2D eigenvalue weighted by Gasteiger charge is 2.39. The Bertz CT molecular complexity index is 767. The molecule has 4 rings (SSSR count). The Morgan fingerprint density at radius 3 is 2.29 bits per heavy atom. The van der Waals surface area contributed by atoms with Crippen molar-refractivity contribution in [2.45, 2.75) is 38.2 Å². The van der Waals surface area contributed by atoms with Gasteiger partial charge in [-0.15, -0.1) is 0 Å². The zero-order valence-corrected chi connectivity index (χ0v) is 16.0. The molecule has 5 heteroatoms. The smallest absolute Gasteiger partial charge is 0.410 e. The molecule has 0 spiro atoms. The van der Waals surface area contributed by atoms with Crippen LogP contribution in [0.2, 0.25) is 0 Å². The highest BCUT2D eigenvalue weighted by Crippen LogP contribution is 2.31. The fourth-order valence-electron chi connectivity index (χ4n) is 3.86. The van der Waals surface area contributed by atoms with Crippen LogP contribution in [0.1, 0.15) is 24.0 Å². The molecule has 1 amide bonds. The number of likely N-dealkylation sites (tertiary alicyclic amines) is 1. The second kappa shape index (κ2) is 8.74. The highest BCUT2D eigenvalue weighted by molar-refractivity contribution is 5.68. The van der Waals surface area contributed by atoms with Crippen molar-refractivity contribution in [2.75, 3.05) is 19.6 Å². The number of carbonyl (C=O) groups excluding carboxylic acids is 1. The number of hydrogen-bond donors (Lipinski definition) is 0. The first-order chi connectivity index (χ1) is 13.7. The molecule has 28 heavy (non-hydrogen) atoms. The van der Waals surface area contributed by atoms with Gasteiger partial charge < -0.3 is 9.64 Å². The predicted octanol–water partition coefficient (Wildman–Crippen LogP) is 4.26. The molecule has 0 radical (unpaired) electrons. The maximum absolute atomic E-state index is 14.7. The molecule has 0 aromatic heterocycles. The quantitative estimate of drug-likeness (QED) is 0.717. The van der Waals surface area contributed by atoms with Gasteiger partial charge in [-0.3, -0.25) is 4.90 Å². The Balaban J connectivity index is 1.30. The lowest BCUT2D eigenvalue weighted by atomic mass is 10.1. The largest absolute Gasteiger partial charge is 0.445 e. The number of carbonyl (C=O) groups is 1. The summed E-state index contributed by atoms with van der Waals surface area (Å²) < 4.78 is 20.0. The van der Waals surface area contributed by atoms with Gasteiger partial charge in [-0.25, -0.2) is 9.18 Å². The molecule has 2 aromatic rings. The topological polar surface area (TPSA) is 32.8 Å². The minimum Gasteiger partial charge on any atom is -0.445 e. The average molecular weight is 382 g/mol. The zero-order chi connectivity index (χ0) is 19.3. The van der Waals surface area contributed by atoms with Gasteiger partial charge in [0.15, 0.2) is 0 Å². The van der Waals surface area contributed by atoms with E-state index in [0.29, 0.717) is 19.1 Å². The van der Waals surface area contributed by atoms with Gasteiger partial charge in [-0.1, -0.05) is 60.7 Å². The third-order valence-corrected chi connectivity index (χ3v) is 5.59. The van der Waals surface area contributed by atoms with Crippen LogP contribution in [0.4, 0.5) is 9.18 Å². The Hall–Kier alpha value is -2.40. The fraction of sp³-hybridized carbons (Fsp3) is 0.435. The molecular formula is C23H27FN2O2. The third kappa shape index (κ3) is 4.90. The minimum atomic E-state index is -0.999. The Kier molecular flexibility index (Phi) is 5.91. The number of alkyl halides is 1. The van der Waals surface area contributed by atoms with Crippen molar-refractivity contribution in [3.8, 4) is 0 Å². The summed E-state index contributed by atoms with van der Waals surface area (Å²) in [5.74, 6) is -0.159. The van der Waals surface area contributed by atoms with E-state index in [2.05, 4.69) is 17.0 Å². The van der Waals surface area contributed by atoms with E-state index in [1.165, 1.54) is 23.3 Å². The van der Waals surface area contributed by atoms with Crippen LogP contribution in [0.25, 0.3) is 0 Å². The molecule has 2 atom stereocenters. The van der Waals surface area contributed by atoms with Gasteiger partial charge in [0.2, 0.25) is 0 Å². The number of amides is 1. The Morgan fingerprint density at radius 1 is 1.00 bits per heavy atom. The van der Waals surface area contributed by atoms with E-state index in [1.54, 1.807) is 0 Å². The van der Waals surface area contributed by atoms with Crippen LogP contribution in [-0.4, -0.2) is 47.7 Å². The van der Waals surface area contributed by atoms with E-state index in [-0.39, 0.29) is 19.1 Å². The van der Waals surface area contributed by atoms with Crippen LogP contribution in [0.15, 0.2) is 60.7 Å². The lowest BCUT2D eigenvalue weighted by Gasteiger charge is -2.26. The van der Waals surface area contributed by atoms with Gasteiger partial charge in [0.05, 0.1) is 6.54 Å². The summed E-state index contributed by atoms with van der Waals surface area (Å²) in [6.45, 7) is 2.30. The molecule has 0 unspecified atom stereocenters. The molecule has 1 heterocycles. The second-order valence-corrected chi connectivity index (χ2v) is 7.87. The fourth-order valence-corrected chi connectivity index (χ4v) is 3.86. The SMILES string of the molecule is O=C(OCc1ccccc1)N1C[C@@H](CN(Cc2ccccc2)C2CC2)[C@@H](F)C1. The molecule has 1 saturated carbocycles. The lowest BCUT2D eigenvalue weighted by molar-refractivity contribution is 0.101. The van der Waals surface area contributed by atoms with Gasteiger partial charge >= 0.3 is 6.09 Å². The van der Waals surface area contributed by atoms with Crippen molar-refractivity contribution in [1.82, 2.24) is 9.80 Å². The zero-order valence-electron chi connectivity index (χ0n) is 16.0. The molecule has 2 fully saturated rings. The summed E-state index contributed by atoms with van der Waals surface area (Å²) in [4.78, 5) is 16.3. The van der Waals surface area contributed by atoms with Gasteiger partial charge in [-0.05, 0) is 24.0 Å². The Labute approximate surface area is 165 Å². The molecule has 2 aromatic carbocycles. The summed E-state index contributed by atoms with van der Waals surface area (Å²) in [5.41, 5.74) is 2.19. The van der Waals surface area contributed by atoms with Gasteiger partial charge in [0.25, 0.3) is 0 Å².